The predicted molar refractivity (Wildman–Crippen MR) is 82.6 cm³/mol. The Morgan fingerprint density at radius 1 is 1.35 bits per heavy atom. The van der Waals surface area contributed by atoms with Crippen molar-refractivity contribution >= 4 is 0 Å². The van der Waals surface area contributed by atoms with E-state index >= 15 is 0 Å². The van der Waals surface area contributed by atoms with E-state index in [9.17, 15) is 5.26 Å². The maximum atomic E-state index is 9.18. The Bertz CT molecular complexity index is 299. The predicted octanol–water partition coefficient (Wildman–Crippen LogP) is 2.41. The van der Waals surface area contributed by atoms with Crippen molar-refractivity contribution in [1.82, 2.24) is 10.2 Å². The molecule has 0 aromatic heterocycles. The van der Waals surface area contributed by atoms with E-state index in [1.54, 1.807) is 0 Å². The third-order valence-electron chi connectivity index (χ3n) is 3.95. The molecule has 0 spiro atoms. The van der Waals surface area contributed by atoms with Gasteiger partial charge < -0.3 is 9.64 Å². The molecule has 116 valence electrons. The van der Waals surface area contributed by atoms with Crippen LogP contribution < -0.4 is 5.32 Å². The SMILES string of the molecule is CCNC(C)(C#N)CCCCN(C)CCOCC1CC1. The first-order chi connectivity index (χ1) is 9.59. The number of nitrogens with one attached hydrogen (secondary N) is 1. The summed E-state index contributed by atoms with van der Waals surface area (Å²) in [7, 11) is 2.15. The highest BCUT2D eigenvalue weighted by molar-refractivity contribution is 5.03. The molecular formula is C16H31N3O. The molecule has 1 saturated carbocycles. The van der Waals surface area contributed by atoms with E-state index in [0.717, 1.165) is 58.0 Å². The van der Waals surface area contributed by atoms with Gasteiger partial charge in [0.15, 0.2) is 0 Å². The van der Waals surface area contributed by atoms with E-state index in [4.69, 9.17) is 4.74 Å². The molecule has 20 heavy (non-hydrogen) atoms. The summed E-state index contributed by atoms with van der Waals surface area (Å²) in [6.07, 6.45) is 5.87. The summed E-state index contributed by atoms with van der Waals surface area (Å²) in [5.41, 5.74) is -0.360. The van der Waals surface area contributed by atoms with Crippen LogP contribution >= 0.6 is 0 Å². The second-order valence-electron chi connectivity index (χ2n) is 6.25. The third-order valence-corrected chi connectivity index (χ3v) is 3.95. The van der Waals surface area contributed by atoms with Gasteiger partial charge in [0.25, 0.3) is 0 Å². The largest absolute Gasteiger partial charge is 0.380 e. The fourth-order valence-electron chi connectivity index (χ4n) is 2.30. The highest BCUT2D eigenvalue weighted by atomic mass is 16.5. The first kappa shape index (κ1) is 17.4. The van der Waals surface area contributed by atoms with Crippen LogP contribution in [0.15, 0.2) is 0 Å². The molecule has 0 aliphatic heterocycles. The molecule has 1 aliphatic rings. The van der Waals surface area contributed by atoms with Crippen LogP contribution in [0.5, 0.6) is 0 Å². The van der Waals surface area contributed by atoms with Gasteiger partial charge in [-0.15, -0.1) is 0 Å². The van der Waals surface area contributed by atoms with Crippen molar-refractivity contribution in [3.63, 3.8) is 0 Å². The highest BCUT2D eigenvalue weighted by Gasteiger charge is 2.22. The van der Waals surface area contributed by atoms with Gasteiger partial charge in [-0.1, -0.05) is 6.92 Å². The highest BCUT2D eigenvalue weighted by Crippen LogP contribution is 2.28. The Hall–Kier alpha value is -0.630. The normalized spacial score (nSPS) is 17.9. The zero-order chi connectivity index (χ0) is 14.8. The summed E-state index contributed by atoms with van der Waals surface area (Å²) < 4.78 is 5.64. The van der Waals surface area contributed by atoms with Crippen LogP contribution in [-0.2, 0) is 4.74 Å². The summed E-state index contributed by atoms with van der Waals surface area (Å²) in [6.45, 7) is 8.78. The first-order valence-electron chi connectivity index (χ1n) is 8.02. The Morgan fingerprint density at radius 2 is 2.10 bits per heavy atom. The Kier molecular flexibility index (Phi) is 8.13. The molecule has 1 unspecified atom stereocenters. The van der Waals surface area contributed by atoms with Crippen molar-refractivity contribution in [2.45, 2.75) is 51.5 Å². The lowest BCUT2D eigenvalue weighted by molar-refractivity contribution is 0.103. The van der Waals surface area contributed by atoms with Gasteiger partial charge in [0.1, 0.15) is 5.54 Å². The average molecular weight is 281 g/mol. The van der Waals surface area contributed by atoms with Crippen molar-refractivity contribution < 1.29 is 4.74 Å². The van der Waals surface area contributed by atoms with Gasteiger partial charge in [-0.2, -0.15) is 5.26 Å². The van der Waals surface area contributed by atoms with Crippen LogP contribution in [-0.4, -0.2) is 50.3 Å². The molecular weight excluding hydrogens is 250 g/mol. The summed E-state index contributed by atoms with van der Waals surface area (Å²) in [4.78, 5) is 2.32. The zero-order valence-corrected chi connectivity index (χ0v) is 13.5. The standard InChI is InChI=1S/C16H31N3O/c1-4-18-16(2,14-17)9-5-6-10-19(3)11-12-20-13-15-7-8-15/h15,18H,4-13H2,1-3H3. The molecule has 4 heteroatoms. The van der Waals surface area contributed by atoms with Crippen molar-refractivity contribution in [1.29, 1.82) is 5.26 Å². The molecule has 1 N–H and O–H groups in total. The Balaban J connectivity index is 1.97. The van der Waals surface area contributed by atoms with Crippen LogP contribution in [0.25, 0.3) is 0 Å². The van der Waals surface area contributed by atoms with Crippen LogP contribution in [0.3, 0.4) is 0 Å². The minimum absolute atomic E-state index is 0.360. The number of nitriles is 1. The molecule has 4 nitrogen and oxygen atoms in total. The molecule has 0 saturated heterocycles. The van der Waals surface area contributed by atoms with Gasteiger partial charge >= 0.3 is 0 Å². The first-order valence-corrected chi connectivity index (χ1v) is 8.02. The maximum Gasteiger partial charge on any atom is 0.103 e. The number of hydrogen-bond donors (Lipinski definition) is 1. The lowest BCUT2D eigenvalue weighted by Gasteiger charge is -2.23. The second kappa shape index (κ2) is 9.33. The quantitative estimate of drug-likeness (QED) is 0.558. The molecule has 0 amide bonds. The van der Waals surface area contributed by atoms with Crippen molar-refractivity contribution in [3.05, 3.63) is 0 Å². The molecule has 0 aromatic carbocycles. The Labute approximate surface area is 124 Å². The van der Waals surface area contributed by atoms with Crippen molar-refractivity contribution in [2.24, 2.45) is 5.92 Å². The molecule has 1 atom stereocenters. The van der Waals surface area contributed by atoms with E-state index in [1.165, 1.54) is 12.8 Å². The molecule has 1 rings (SSSR count). The van der Waals surface area contributed by atoms with Gasteiger partial charge in [-0.05, 0) is 65.1 Å². The van der Waals surface area contributed by atoms with Gasteiger partial charge in [0.05, 0.1) is 12.7 Å². The van der Waals surface area contributed by atoms with Gasteiger partial charge in [-0.3, -0.25) is 5.32 Å². The third kappa shape index (κ3) is 7.84. The smallest absolute Gasteiger partial charge is 0.103 e. The van der Waals surface area contributed by atoms with Crippen molar-refractivity contribution in [3.8, 4) is 6.07 Å². The van der Waals surface area contributed by atoms with E-state index in [1.807, 2.05) is 13.8 Å². The fourth-order valence-corrected chi connectivity index (χ4v) is 2.30. The Morgan fingerprint density at radius 3 is 2.70 bits per heavy atom. The van der Waals surface area contributed by atoms with Crippen LogP contribution in [0.2, 0.25) is 0 Å². The summed E-state index contributed by atoms with van der Waals surface area (Å²) in [5.74, 6) is 0.857. The van der Waals surface area contributed by atoms with E-state index in [0.29, 0.717) is 0 Å². The van der Waals surface area contributed by atoms with Gasteiger partial charge in [0, 0.05) is 13.2 Å². The number of rotatable bonds is 12. The van der Waals surface area contributed by atoms with Crippen LogP contribution in [0, 0.1) is 17.2 Å². The topological polar surface area (TPSA) is 48.3 Å². The minimum Gasteiger partial charge on any atom is -0.380 e. The maximum absolute atomic E-state index is 9.18. The molecule has 1 aliphatic carbocycles. The summed E-state index contributed by atoms with van der Waals surface area (Å²) in [5, 5.41) is 12.4. The van der Waals surface area contributed by atoms with Gasteiger partial charge in [0.2, 0.25) is 0 Å². The number of nitrogens with zero attached hydrogens (tertiary/aromatic N) is 2. The van der Waals surface area contributed by atoms with Crippen LogP contribution in [0.4, 0.5) is 0 Å². The lowest BCUT2D eigenvalue weighted by atomic mass is 9.96. The zero-order valence-electron chi connectivity index (χ0n) is 13.5. The number of hydrogen-bond acceptors (Lipinski definition) is 4. The monoisotopic (exact) mass is 281 g/mol. The summed E-state index contributed by atoms with van der Waals surface area (Å²) in [6, 6.07) is 2.38. The second-order valence-corrected chi connectivity index (χ2v) is 6.25. The number of ether oxygens (including phenoxy) is 1. The van der Waals surface area contributed by atoms with Gasteiger partial charge in [-0.25, -0.2) is 0 Å². The average Bonchev–Trinajstić information content (AvgIpc) is 3.24. The number of unbranched alkanes of at least 4 members (excludes halogenated alkanes) is 1. The molecule has 0 heterocycles. The van der Waals surface area contributed by atoms with E-state index < -0.39 is 0 Å². The molecule has 0 radical (unpaired) electrons. The summed E-state index contributed by atoms with van der Waals surface area (Å²) >= 11 is 0. The molecule has 1 fully saturated rings. The lowest BCUT2D eigenvalue weighted by Crippen LogP contribution is -2.40. The minimum atomic E-state index is -0.360. The molecule has 0 bridgehead atoms. The fraction of sp³-hybridized carbons (Fsp3) is 0.938. The number of likely N-dealkylation sites (N-methyl/N-ethyl adjacent to an activating group) is 1. The molecule has 0 aromatic rings. The van der Waals surface area contributed by atoms with Crippen molar-refractivity contribution in [2.75, 3.05) is 39.9 Å². The van der Waals surface area contributed by atoms with E-state index in [2.05, 4.69) is 23.3 Å². The van der Waals surface area contributed by atoms with Crippen LogP contribution in [0.1, 0.15) is 46.0 Å². The van der Waals surface area contributed by atoms with E-state index in [-0.39, 0.29) is 5.54 Å².